The van der Waals surface area contributed by atoms with Crippen LogP contribution in [0.25, 0.3) is 0 Å². The highest BCUT2D eigenvalue weighted by molar-refractivity contribution is 5.92. The van der Waals surface area contributed by atoms with E-state index in [1.54, 1.807) is 25.1 Å². The number of carboxylic acids is 1. The van der Waals surface area contributed by atoms with Crippen LogP contribution in [0.1, 0.15) is 18.1 Å². The van der Waals surface area contributed by atoms with Gasteiger partial charge in [0.15, 0.2) is 6.61 Å². The maximum atomic E-state index is 12.8. The van der Waals surface area contributed by atoms with Crippen LogP contribution < -0.4 is 10.1 Å². The number of anilines is 1. The average molecular weight is 381 g/mol. The maximum absolute atomic E-state index is 12.8. The Morgan fingerprint density at radius 2 is 1.81 bits per heavy atom. The predicted octanol–water partition coefficient (Wildman–Crippen LogP) is 3.99. The number of rotatable bonds is 7. The number of amides is 1. The number of ether oxygens (including phenoxy) is 1. The second-order valence-corrected chi connectivity index (χ2v) is 6.00. The van der Waals surface area contributed by atoms with E-state index < -0.39 is 30.2 Å². The molecule has 0 bridgehead atoms. The highest BCUT2D eigenvalue weighted by Crippen LogP contribution is 2.30. The number of carboxylic acid groups (broad SMARTS) is 1. The third-order valence-electron chi connectivity index (χ3n) is 3.73. The number of nitrogens with one attached hydrogen (secondary N) is 1. The second kappa shape index (κ2) is 8.57. The zero-order chi connectivity index (χ0) is 20.0. The molecule has 0 aliphatic rings. The van der Waals surface area contributed by atoms with Crippen LogP contribution in [0, 0.1) is 5.92 Å². The molecule has 2 N–H and O–H groups in total. The van der Waals surface area contributed by atoms with Gasteiger partial charge in [-0.2, -0.15) is 13.2 Å². The first-order valence-corrected chi connectivity index (χ1v) is 8.07. The van der Waals surface area contributed by atoms with Gasteiger partial charge in [0.1, 0.15) is 5.75 Å². The molecule has 0 saturated heterocycles. The Balaban J connectivity index is 1.95. The fourth-order valence-electron chi connectivity index (χ4n) is 2.37. The average Bonchev–Trinajstić information content (AvgIpc) is 2.60. The van der Waals surface area contributed by atoms with Gasteiger partial charge in [-0.05, 0) is 42.3 Å². The minimum absolute atomic E-state index is 0.162. The summed E-state index contributed by atoms with van der Waals surface area (Å²) in [7, 11) is 0. The van der Waals surface area contributed by atoms with E-state index >= 15 is 0 Å². The van der Waals surface area contributed by atoms with Crippen molar-refractivity contribution in [3.8, 4) is 5.75 Å². The van der Waals surface area contributed by atoms with Gasteiger partial charge >= 0.3 is 12.1 Å². The second-order valence-electron chi connectivity index (χ2n) is 6.00. The lowest BCUT2D eigenvalue weighted by Gasteiger charge is -2.14. The zero-order valence-corrected chi connectivity index (χ0v) is 14.4. The molecule has 1 amide bonds. The fourth-order valence-corrected chi connectivity index (χ4v) is 2.37. The molecule has 0 aliphatic carbocycles. The lowest BCUT2D eigenvalue weighted by molar-refractivity contribution is -0.139. The van der Waals surface area contributed by atoms with Gasteiger partial charge in [-0.25, -0.2) is 4.79 Å². The first-order chi connectivity index (χ1) is 12.6. The Morgan fingerprint density at radius 1 is 1.15 bits per heavy atom. The molecule has 0 heterocycles. The van der Waals surface area contributed by atoms with Gasteiger partial charge in [-0.15, -0.1) is 0 Å². The van der Waals surface area contributed by atoms with Crippen molar-refractivity contribution in [2.75, 3.05) is 11.9 Å². The standard InChI is InChI=1S/C19H18F3NO4/c1-12(9-13-3-2-4-14(10-13)19(20,21)22)18(26)23-15-5-7-16(8-6-15)27-11-17(24)25/h2-8,10,12H,9,11H2,1H3,(H,23,26)(H,24,25). The number of benzene rings is 2. The van der Waals surface area contributed by atoms with Crippen LogP contribution in [0.3, 0.4) is 0 Å². The summed E-state index contributed by atoms with van der Waals surface area (Å²) in [6.45, 7) is 1.15. The van der Waals surface area contributed by atoms with E-state index in [-0.39, 0.29) is 12.3 Å². The first-order valence-electron chi connectivity index (χ1n) is 8.07. The quantitative estimate of drug-likeness (QED) is 0.761. The summed E-state index contributed by atoms with van der Waals surface area (Å²) < 4.78 is 43.3. The molecule has 8 heteroatoms. The lowest BCUT2D eigenvalue weighted by atomic mass is 9.98. The van der Waals surface area contributed by atoms with Crippen LogP contribution in [-0.2, 0) is 22.2 Å². The van der Waals surface area contributed by atoms with Crippen LogP contribution in [0.4, 0.5) is 18.9 Å². The topological polar surface area (TPSA) is 75.6 Å². The van der Waals surface area contributed by atoms with Gasteiger partial charge in [0, 0.05) is 11.6 Å². The molecule has 0 aliphatic heterocycles. The van der Waals surface area contributed by atoms with Crippen LogP contribution in [0.2, 0.25) is 0 Å². The van der Waals surface area contributed by atoms with Gasteiger partial charge in [0.05, 0.1) is 5.56 Å². The molecule has 2 aromatic carbocycles. The summed E-state index contributed by atoms with van der Waals surface area (Å²) in [5.74, 6) is -1.65. The smallest absolute Gasteiger partial charge is 0.416 e. The Hall–Kier alpha value is -3.03. The molecule has 1 unspecified atom stereocenters. The third kappa shape index (κ3) is 6.32. The predicted molar refractivity (Wildman–Crippen MR) is 92.5 cm³/mol. The summed E-state index contributed by atoms with van der Waals surface area (Å²) in [5, 5.41) is 11.2. The van der Waals surface area contributed by atoms with E-state index in [1.165, 1.54) is 18.2 Å². The third-order valence-corrected chi connectivity index (χ3v) is 3.73. The SMILES string of the molecule is CC(Cc1cccc(C(F)(F)F)c1)C(=O)Nc1ccc(OCC(=O)O)cc1. The summed E-state index contributed by atoms with van der Waals surface area (Å²) in [6, 6.07) is 11.0. The molecule has 0 radical (unpaired) electrons. The summed E-state index contributed by atoms with van der Waals surface area (Å²) >= 11 is 0. The number of carbonyl (C=O) groups excluding carboxylic acids is 1. The molecule has 5 nitrogen and oxygen atoms in total. The molecule has 1 atom stereocenters. The summed E-state index contributed by atoms with van der Waals surface area (Å²) in [4.78, 5) is 22.7. The van der Waals surface area contributed by atoms with Gasteiger partial charge in [0.25, 0.3) is 0 Å². The van der Waals surface area contributed by atoms with Crippen molar-refractivity contribution < 1.29 is 32.6 Å². The van der Waals surface area contributed by atoms with Crippen molar-refractivity contribution in [3.63, 3.8) is 0 Å². The van der Waals surface area contributed by atoms with Crippen LogP contribution in [-0.4, -0.2) is 23.6 Å². The molecule has 0 fully saturated rings. The minimum atomic E-state index is -4.42. The molecule has 27 heavy (non-hydrogen) atoms. The number of hydrogen-bond donors (Lipinski definition) is 2. The summed E-state index contributed by atoms with van der Waals surface area (Å²) in [5.41, 5.74) is 0.146. The summed E-state index contributed by atoms with van der Waals surface area (Å²) in [6.07, 6.45) is -4.26. The molecular formula is C19H18F3NO4. The van der Waals surface area contributed by atoms with Crippen molar-refractivity contribution in [3.05, 3.63) is 59.7 Å². The van der Waals surface area contributed by atoms with Crippen molar-refractivity contribution in [1.29, 1.82) is 0 Å². The zero-order valence-electron chi connectivity index (χ0n) is 14.4. The molecule has 0 spiro atoms. The van der Waals surface area contributed by atoms with Crippen molar-refractivity contribution >= 4 is 17.6 Å². The van der Waals surface area contributed by atoms with E-state index in [2.05, 4.69) is 5.32 Å². The Labute approximate surface area is 153 Å². The van der Waals surface area contributed by atoms with E-state index in [0.717, 1.165) is 12.1 Å². The maximum Gasteiger partial charge on any atom is 0.416 e. The number of aliphatic carboxylic acids is 1. The molecular weight excluding hydrogens is 363 g/mol. The Morgan fingerprint density at radius 3 is 2.41 bits per heavy atom. The van der Waals surface area contributed by atoms with Gasteiger partial charge in [0.2, 0.25) is 5.91 Å². The van der Waals surface area contributed by atoms with Crippen LogP contribution >= 0.6 is 0 Å². The Bertz CT molecular complexity index is 803. The monoisotopic (exact) mass is 381 g/mol. The van der Waals surface area contributed by atoms with E-state index in [0.29, 0.717) is 17.0 Å². The van der Waals surface area contributed by atoms with Crippen molar-refractivity contribution in [2.24, 2.45) is 5.92 Å². The molecule has 0 aromatic heterocycles. The number of hydrogen-bond acceptors (Lipinski definition) is 3. The first kappa shape index (κ1) is 20.3. The highest BCUT2D eigenvalue weighted by atomic mass is 19.4. The Kier molecular flexibility index (Phi) is 6.44. The number of carbonyl (C=O) groups is 2. The highest BCUT2D eigenvalue weighted by Gasteiger charge is 2.30. The minimum Gasteiger partial charge on any atom is -0.482 e. The molecule has 2 rings (SSSR count). The number of halogens is 3. The van der Waals surface area contributed by atoms with E-state index in [9.17, 15) is 22.8 Å². The number of alkyl halides is 3. The van der Waals surface area contributed by atoms with Crippen molar-refractivity contribution in [1.82, 2.24) is 0 Å². The largest absolute Gasteiger partial charge is 0.482 e. The lowest BCUT2D eigenvalue weighted by Crippen LogP contribution is -2.22. The van der Waals surface area contributed by atoms with Crippen molar-refractivity contribution in [2.45, 2.75) is 19.5 Å². The normalized spacial score (nSPS) is 12.3. The van der Waals surface area contributed by atoms with E-state index in [4.69, 9.17) is 9.84 Å². The van der Waals surface area contributed by atoms with Gasteiger partial charge in [-0.3, -0.25) is 4.79 Å². The van der Waals surface area contributed by atoms with Crippen LogP contribution in [0.5, 0.6) is 5.75 Å². The van der Waals surface area contributed by atoms with E-state index in [1.807, 2.05) is 0 Å². The fraction of sp³-hybridized carbons (Fsp3) is 0.263. The molecule has 144 valence electrons. The molecule has 2 aromatic rings. The van der Waals surface area contributed by atoms with Gasteiger partial charge in [-0.1, -0.05) is 25.1 Å². The van der Waals surface area contributed by atoms with Crippen LogP contribution in [0.15, 0.2) is 48.5 Å². The van der Waals surface area contributed by atoms with Gasteiger partial charge < -0.3 is 15.2 Å². The molecule has 0 saturated carbocycles.